The molecule has 9 nitrogen and oxygen atoms in total. The molecular weight excluding hydrogens is 386 g/mol. The van der Waals surface area contributed by atoms with Crippen LogP contribution in [0.25, 0.3) is 0 Å². The number of nitrogens with zero attached hydrogens (tertiary/aromatic N) is 4. The Balaban J connectivity index is 1.39. The standard InChI is InChI=1S/C21H29N5O4/c1-30-20(27)16-2-4-25(5-3-16)19-17(26(28)29)18(22-12-23-19)24-21-9-13-6-14(10-21)8-15(7-13)11-21/h12-16H,2-11H2,1H3,(H,22,23,24). The molecule has 5 fully saturated rings. The van der Waals surface area contributed by atoms with E-state index in [0.29, 0.717) is 37.6 Å². The molecule has 4 saturated carbocycles. The lowest BCUT2D eigenvalue weighted by Gasteiger charge is -2.57. The highest BCUT2D eigenvalue weighted by atomic mass is 16.6. The summed E-state index contributed by atoms with van der Waals surface area (Å²) in [5.74, 6) is 2.55. The van der Waals surface area contributed by atoms with Crippen LogP contribution in [-0.2, 0) is 9.53 Å². The Morgan fingerprint density at radius 3 is 2.30 bits per heavy atom. The van der Waals surface area contributed by atoms with Crippen molar-refractivity contribution in [1.29, 1.82) is 0 Å². The first-order valence-corrected chi connectivity index (χ1v) is 11.1. The number of methoxy groups -OCH3 is 1. The molecule has 9 heteroatoms. The molecule has 0 atom stereocenters. The van der Waals surface area contributed by atoms with Crippen molar-refractivity contribution < 1.29 is 14.5 Å². The summed E-state index contributed by atoms with van der Waals surface area (Å²) in [6.45, 7) is 1.07. The minimum atomic E-state index is -0.357. The molecule has 4 bridgehead atoms. The molecule has 2 heterocycles. The van der Waals surface area contributed by atoms with Gasteiger partial charge in [-0.15, -0.1) is 0 Å². The van der Waals surface area contributed by atoms with Crippen molar-refractivity contribution in [2.24, 2.45) is 23.7 Å². The van der Waals surface area contributed by atoms with Crippen molar-refractivity contribution >= 4 is 23.3 Å². The first-order valence-electron chi connectivity index (χ1n) is 11.1. The topological polar surface area (TPSA) is 110 Å². The number of esters is 1. The fourth-order valence-electron chi connectivity index (χ4n) is 6.87. The van der Waals surface area contributed by atoms with Crippen LogP contribution in [0.15, 0.2) is 6.33 Å². The van der Waals surface area contributed by atoms with Crippen LogP contribution in [0.2, 0.25) is 0 Å². The van der Waals surface area contributed by atoms with Gasteiger partial charge in [0.15, 0.2) is 0 Å². The summed E-state index contributed by atoms with van der Waals surface area (Å²) in [6, 6.07) is 0. The molecule has 5 aliphatic rings. The molecule has 1 aliphatic heterocycles. The number of anilines is 2. The fourth-order valence-corrected chi connectivity index (χ4v) is 6.87. The van der Waals surface area contributed by atoms with E-state index in [9.17, 15) is 14.9 Å². The second-order valence-electron chi connectivity index (χ2n) is 9.76. The number of nitrogens with one attached hydrogen (secondary N) is 1. The molecule has 0 aromatic carbocycles. The summed E-state index contributed by atoms with van der Waals surface area (Å²) in [5, 5.41) is 15.6. The van der Waals surface area contributed by atoms with Gasteiger partial charge in [-0.1, -0.05) is 0 Å². The van der Waals surface area contributed by atoms with Gasteiger partial charge in [0.05, 0.1) is 18.0 Å². The minimum Gasteiger partial charge on any atom is -0.469 e. The third-order valence-electron chi connectivity index (χ3n) is 7.74. The van der Waals surface area contributed by atoms with Gasteiger partial charge in [0.25, 0.3) is 0 Å². The number of rotatable bonds is 5. The average Bonchev–Trinajstić information content (AvgIpc) is 2.71. The van der Waals surface area contributed by atoms with Crippen LogP contribution in [0.5, 0.6) is 0 Å². The van der Waals surface area contributed by atoms with E-state index in [4.69, 9.17) is 4.74 Å². The Morgan fingerprint density at radius 2 is 1.77 bits per heavy atom. The lowest BCUT2D eigenvalue weighted by Crippen LogP contribution is -2.55. The summed E-state index contributed by atoms with van der Waals surface area (Å²) >= 11 is 0. The van der Waals surface area contributed by atoms with E-state index < -0.39 is 0 Å². The van der Waals surface area contributed by atoms with E-state index >= 15 is 0 Å². The minimum absolute atomic E-state index is 0.0373. The number of nitro groups is 1. The molecule has 6 rings (SSSR count). The van der Waals surface area contributed by atoms with Crippen LogP contribution in [0.3, 0.4) is 0 Å². The van der Waals surface area contributed by atoms with Gasteiger partial charge in [-0.3, -0.25) is 14.9 Å². The van der Waals surface area contributed by atoms with Gasteiger partial charge < -0.3 is 15.0 Å². The zero-order chi connectivity index (χ0) is 20.9. The van der Waals surface area contributed by atoms with Gasteiger partial charge in [0.2, 0.25) is 11.6 Å². The highest BCUT2D eigenvalue weighted by molar-refractivity contribution is 5.74. The quantitative estimate of drug-likeness (QED) is 0.444. The molecule has 0 spiro atoms. The third kappa shape index (κ3) is 3.37. The lowest BCUT2D eigenvalue weighted by atomic mass is 9.53. The molecule has 0 amide bonds. The van der Waals surface area contributed by atoms with Crippen LogP contribution in [-0.4, -0.2) is 46.6 Å². The molecule has 1 aromatic rings. The summed E-state index contributed by atoms with van der Waals surface area (Å²) < 4.78 is 4.84. The Bertz CT molecular complexity index is 817. The number of aromatic nitrogens is 2. The molecular formula is C21H29N5O4. The molecule has 0 radical (unpaired) electrons. The Labute approximate surface area is 175 Å². The summed E-state index contributed by atoms with van der Waals surface area (Å²) in [5.41, 5.74) is -0.104. The maximum atomic E-state index is 12.1. The van der Waals surface area contributed by atoms with Crippen molar-refractivity contribution in [2.75, 3.05) is 30.4 Å². The van der Waals surface area contributed by atoms with E-state index in [-0.39, 0.29) is 28.0 Å². The lowest BCUT2D eigenvalue weighted by molar-refractivity contribution is -0.383. The second-order valence-corrected chi connectivity index (χ2v) is 9.76. The van der Waals surface area contributed by atoms with Crippen molar-refractivity contribution in [3.05, 3.63) is 16.4 Å². The number of carbonyl (C=O) groups excluding carboxylic acids is 1. The van der Waals surface area contributed by atoms with E-state index in [1.807, 2.05) is 4.90 Å². The number of piperidine rings is 1. The van der Waals surface area contributed by atoms with E-state index in [1.54, 1.807) is 0 Å². The van der Waals surface area contributed by atoms with Crippen LogP contribution in [0, 0.1) is 33.8 Å². The first kappa shape index (κ1) is 19.5. The number of hydrogen-bond donors (Lipinski definition) is 1. The summed E-state index contributed by atoms with van der Waals surface area (Å²) in [6.07, 6.45) is 9.82. The van der Waals surface area contributed by atoms with Gasteiger partial charge in [-0.05, 0) is 69.1 Å². The van der Waals surface area contributed by atoms with Crippen molar-refractivity contribution in [3.8, 4) is 0 Å². The maximum Gasteiger partial charge on any atom is 0.353 e. The third-order valence-corrected chi connectivity index (χ3v) is 7.74. The predicted octanol–water partition coefficient (Wildman–Crippen LogP) is 3.15. The molecule has 0 unspecified atom stereocenters. The Kier molecular flexibility index (Phi) is 4.78. The summed E-state index contributed by atoms with van der Waals surface area (Å²) in [4.78, 5) is 34.0. The number of carbonyl (C=O) groups is 1. The predicted molar refractivity (Wildman–Crippen MR) is 110 cm³/mol. The highest BCUT2D eigenvalue weighted by Crippen LogP contribution is 2.57. The molecule has 1 saturated heterocycles. The van der Waals surface area contributed by atoms with Crippen molar-refractivity contribution in [2.45, 2.75) is 56.9 Å². The van der Waals surface area contributed by atoms with Crippen LogP contribution >= 0.6 is 0 Å². The smallest absolute Gasteiger partial charge is 0.353 e. The average molecular weight is 415 g/mol. The summed E-state index contributed by atoms with van der Waals surface area (Å²) in [7, 11) is 1.40. The number of hydrogen-bond acceptors (Lipinski definition) is 8. The van der Waals surface area contributed by atoms with Gasteiger partial charge in [-0.25, -0.2) is 9.97 Å². The molecule has 1 N–H and O–H groups in total. The molecule has 1 aromatic heterocycles. The van der Waals surface area contributed by atoms with Gasteiger partial charge in [0, 0.05) is 18.6 Å². The van der Waals surface area contributed by atoms with E-state index in [0.717, 1.165) is 37.0 Å². The van der Waals surface area contributed by atoms with E-state index in [1.165, 1.54) is 32.7 Å². The second kappa shape index (κ2) is 7.35. The number of ether oxygens (including phenoxy) is 1. The van der Waals surface area contributed by atoms with Crippen molar-refractivity contribution in [3.63, 3.8) is 0 Å². The monoisotopic (exact) mass is 415 g/mol. The maximum absolute atomic E-state index is 12.1. The van der Waals surface area contributed by atoms with Gasteiger partial charge in [0.1, 0.15) is 6.33 Å². The zero-order valence-electron chi connectivity index (χ0n) is 17.4. The largest absolute Gasteiger partial charge is 0.469 e. The van der Waals surface area contributed by atoms with Gasteiger partial charge >= 0.3 is 11.7 Å². The highest BCUT2D eigenvalue weighted by Gasteiger charge is 2.51. The first-order chi connectivity index (χ1) is 14.5. The van der Waals surface area contributed by atoms with Gasteiger partial charge in [-0.2, -0.15) is 0 Å². The molecule has 4 aliphatic carbocycles. The van der Waals surface area contributed by atoms with Crippen LogP contribution in [0.4, 0.5) is 17.3 Å². The molecule has 162 valence electrons. The zero-order valence-corrected chi connectivity index (χ0v) is 17.4. The van der Waals surface area contributed by atoms with E-state index in [2.05, 4.69) is 15.3 Å². The van der Waals surface area contributed by atoms with Crippen LogP contribution in [0.1, 0.15) is 51.4 Å². The van der Waals surface area contributed by atoms with Crippen LogP contribution < -0.4 is 10.2 Å². The Hall–Kier alpha value is -2.45. The SMILES string of the molecule is COC(=O)C1CCN(c2ncnc(NC34CC5CC(CC(C5)C3)C4)c2[N+](=O)[O-])CC1. The fraction of sp³-hybridized carbons (Fsp3) is 0.762. The Morgan fingerprint density at radius 1 is 1.17 bits per heavy atom. The molecule has 30 heavy (non-hydrogen) atoms. The normalized spacial score (nSPS) is 32.8. The van der Waals surface area contributed by atoms with Crippen molar-refractivity contribution in [1.82, 2.24) is 9.97 Å².